The first-order chi connectivity index (χ1) is 8.15. The standard InChI is InChI=1S/C9H6N4O3S/c14-6-1-2-10-9(13-6)17-7-4-11-5(3-12-7)8(15)16/h1-4H,(H,15,16)(H,10,13,14). The average Bonchev–Trinajstić information content (AvgIpc) is 2.29. The number of carboxylic acid groups (broad SMARTS) is 1. The van der Waals surface area contributed by atoms with Crippen LogP contribution in [0.1, 0.15) is 10.5 Å². The molecule has 2 aromatic heterocycles. The largest absolute Gasteiger partial charge is 0.476 e. The van der Waals surface area contributed by atoms with E-state index in [-0.39, 0.29) is 11.3 Å². The van der Waals surface area contributed by atoms with Crippen molar-refractivity contribution in [2.24, 2.45) is 0 Å². The second-order valence-electron chi connectivity index (χ2n) is 2.89. The molecule has 0 spiro atoms. The Kier molecular flexibility index (Phi) is 3.15. The Morgan fingerprint density at radius 3 is 2.71 bits per heavy atom. The molecule has 2 N–H and O–H groups in total. The predicted molar refractivity (Wildman–Crippen MR) is 58.0 cm³/mol. The van der Waals surface area contributed by atoms with Crippen LogP contribution < -0.4 is 5.56 Å². The molecule has 8 heteroatoms. The number of aromatic amines is 1. The highest BCUT2D eigenvalue weighted by Crippen LogP contribution is 2.19. The molecule has 0 unspecified atom stereocenters. The van der Waals surface area contributed by atoms with Gasteiger partial charge in [-0.15, -0.1) is 0 Å². The minimum Gasteiger partial charge on any atom is -0.476 e. The fourth-order valence-electron chi connectivity index (χ4n) is 0.982. The summed E-state index contributed by atoms with van der Waals surface area (Å²) in [5.41, 5.74) is -0.401. The van der Waals surface area contributed by atoms with Crippen LogP contribution >= 0.6 is 11.8 Å². The quantitative estimate of drug-likeness (QED) is 0.759. The van der Waals surface area contributed by atoms with Crippen LogP contribution in [0.2, 0.25) is 0 Å². The zero-order chi connectivity index (χ0) is 12.3. The van der Waals surface area contributed by atoms with E-state index in [0.717, 1.165) is 18.0 Å². The number of nitrogens with one attached hydrogen (secondary N) is 1. The second-order valence-corrected chi connectivity index (χ2v) is 3.90. The zero-order valence-corrected chi connectivity index (χ0v) is 9.14. The summed E-state index contributed by atoms with van der Waals surface area (Å²) >= 11 is 1.09. The molecule has 2 rings (SSSR count). The molecule has 0 aliphatic heterocycles. The molecule has 2 aromatic rings. The lowest BCUT2D eigenvalue weighted by atomic mass is 10.5. The fourth-order valence-corrected chi connectivity index (χ4v) is 1.66. The monoisotopic (exact) mass is 250 g/mol. The van der Waals surface area contributed by atoms with Gasteiger partial charge < -0.3 is 10.1 Å². The number of rotatable bonds is 3. The van der Waals surface area contributed by atoms with E-state index in [1.54, 1.807) is 0 Å². The maximum Gasteiger partial charge on any atom is 0.356 e. The number of nitrogens with zero attached hydrogens (tertiary/aromatic N) is 3. The number of hydrogen-bond acceptors (Lipinski definition) is 6. The fraction of sp³-hybridized carbons (Fsp3) is 0. The van der Waals surface area contributed by atoms with E-state index in [0.29, 0.717) is 10.2 Å². The molecule has 0 aliphatic rings. The highest BCUT2D eigenvalue weighted by Gasteiger charge is 2.06. The van der Waals surface area contributed by atoms with Gasteiger partial charge in [-0.3, -0.25) is 4.79 Å². The summed E-state index contributed by atoms with van der Waals surface area (Å²) in [6.07, 6.45) is 3.83. The Morgan fingerprint density at radius 1 is 1.29 bits per heavy atom. The molecule has 17 heavy (non-hydrogen) atoms. The SMILES string of the molecule is O=C(O)c1cnc(Sc2nccc(=O)[nH]2)cn1. The molecule has 0 atom stereocenters. The van der Waals surface area contributed by atoms with E-state index in [4.69, 9.17) is 5.11 Å². The zero-order valence-electron chi connectivity index (χ0n) is 8.32. The van der Waals surface area contributed by atoms with Crippen LogP contribution in [-0.2, 0) is 0 Å². The Hall–Kier alpha value is -2.22. The van der Waals surface area contributed by atoms with Gasteiger partial charge in [-0.1, -0.05) is 0 Å². The third-order valence-electron chi connectivity index (χ3n) is 1.70. The summed E-state index contributed by atoms with van der Waals surface area (Å²) in [6, 6.07) is 1.29. The number of H-pyrrole nitrogens is 1. The highest BCUT2D eigenvalue weighted by molar-refractivity contribution is 7.99. The smallest absolute Gasteiger partial charge is 0.356 e. The van der Waals surface area contributed by atoms with Gasteiger partial charge in [0.2, 0.25) is 0 Å². The van der Waals surface area contributed by atoms with Crippen LogP contribution in [0, 0.1) is 0 Å². The van der Waals surface area contributed by atoms with Crippen molar-refractivity contribution >= 4 is 17.7 Å². The molecule has 0 radical (unpaired) electrons. The molecule has 0 bridgehead atoms. The molecule has 7 nitrogen and oxygen atoms in total. The van der Waals surface area contributed by atoms with E-state index >= 15 is 0 Å². The molecule has 0 fully saturated rings. The number of carbonyl (C=O) groups is 1. The van der Waals surface area contributed by atoms with E-state index in [1.807, 2.05) is 0 Å². The summed E-state index contributed by atoms with van der Waals surface area (Å²) in [4.78, 5) is 35.5. The first-order valence-electron chi connectivity index (χ1n) is 4.43. The molecule has 0 amide bonds. The molecule has 86 valence electrons. The van der Waals surface area contributed by atoms with Crippen molar-refractivity contribution in [3.8, 4) is 0 Å². The molecule has 2 heterocycles. The first kappa shape index (κ1) is 11.3. The van der Waals surface area contributed by atoms with Crippen molar-refractivity contribution in [1.82, 2.24) is 19.9 Å². The maximum absolute atomic E-state index is 11.0. The lowest BCUT2D eigenvalue weighted by Crippen LogP contribution is -2.05. The van der Waals surface area contributed by atoms with Crippen molar-refractivity contribution in [2.75, 3.05) is 0 Å². The van der Waals surface area contributed by atoms with Gasteiger partial charge in [0, 0.05) is 12.3 Å². The molecular formula is C9H6N4O3S. The van der Waals surface area contributed by atoms with Crippen molar-refractivity contribution < 1.29 is 9.90 Å². The molecule has 0 aromatic carbocycles. The van der Waals surface area contributed by atoms with Crippen molar-refractivity contribution in [1.29, 1.82) is 0 Å². The van der Waals surface area contributed by atoms with Gasteiger partial charge in [-0.2, -0.15) is 0 Å². The lowest BCUT2D eigenvalue weighted by Gasteiger charge is -1.98. The number of hydrogen-bond donors (Lipinski definition) is 2. The number of carboxylic acids is 1. The van der Waals surface area contributed by atoms with Crippen LogP contribution in [-0.4, -0.2) is 31.0 Å². The van der Waals surface area contributed by atoms with Gasteiger partial charge >= 0.3 is 5.97 Å². The van der Waals surface area contributed by atoms with Gasteiger partial charge in [-0.05, 0) is 11.8 Å². The minimum absolute atomic E-state index is 0.135. The summed E-state index contributed by atoms with van der Waals surface area (Å²) < 4.78 is 0. The predicted octanol–water partition coefficient (Wildman–Crippen LogP) is 0.409. The highest BCUT2D eigenvalue weighted by atomic mass is 32.2. The topological polar surface area (TPSA) is 109 Å². The van der Waals surface area contributed by atoms with Crippen molar-refractivity contribution in [3.05, 3.63) is 40.7 Å². The van der Waals surface area contributed by atoms with Gasteiger partial charge in [0.05, 0.1) is 12.4 Å². The second kappa shape index (κ2) is 4.74. The third-order valence-corrected chi connectivity index (χ3v) is 2.52. The normalized spacial score (nSPS) is 10.1. The maximum atomic E-state index is 11.0. The van der Waals surface area contributed by atoms with E-state index in [2.05, 4.69) is 19.9 Å². The van der Waals surface area contributed by atoms with Gasteiger partial charge in [0.15, 0.2) is 10.9 Å². The summed E-state index contributed by atoms with van der Waals surface area (Å²) in [6.45, 7) is 0. The Labute approximate surface area is 99.0 Å². The van der Waals surface area contributed by atoms with E-state index < -0.39 is 5.97 Å². The Bertz CT molecular complexity index is 596. The van der Waals surface area contributed by atoms with Gasteiger partial charge in [0.25, 0.3) is 5.56 Å². The van der Waals surface area contributed by atoms with Crippen molar-refractivity contribution in [3.63, 3.8) is 0 Å². The van der Waals surface area contributed by atoms with Crippen LogP contribution in [0.25, 0.3) is 0 Å². The first-order valence-corrected chi connectivity index (χ1v) is 5.25. The average molecular weight is 250 g/mol. The van der Waals surface area contributed by atoms with Crippen LogP contribution in [0.5, 0.6) is 0 Å². The summed E-state index contributed by atoms with van der Waals surface area (Å²) in [5.74, 6) is -1.14. The molecule has 0 saturated carbocycles. The van der Waals surface area contributed by atoms with Crippen LogP contribution in [0.4, 0.5) is 0 Å². The minimum atomic E-state index is -1.14. The van der Waals surface area contributed by atoms with Crippen LogP contribution in [0.15, 0.2) is 39.6 Å². The Balaban J connectivity index is 2.19. The summed E-state index contributed by atoms with van der Waals surface area (Å²) in [5, 5.41) is 9.45. The molecular weight excluding hydrogens is 244 g/mol. The van der Waals surface area contributed by atoms with E-state index in [9.17, 15) is 9.59 Å². The Morgan fingerprint density at radius 2 is 2.12 bits per heavy atom. The lowest BCUT2D eigenvalue weighted by molar-refractivity contribution is 0.0689. The van der Waals surface area contributed by atoms with Crippen LogP contribution in [0.3, 0.4) is 0 Å². The van der Waals surface area contributed by atoms with Crippen molar-refractivity contribution in [2.45, 2.75) is 10.2 Å². The number of aromatic nitrogens is 4. The van der Waals surface area contributed by atoms with Gasteiger partial charge in [0.1, 0.15) is 5.03 Å². The molecule has 0 saturated heterocycles. The summed E-state index contributed by atoms with van der Waals surface area (Å²) in [7, 11) is 0. The van der Waals surface area contributed by atoms with Gasteiger partial charge in [-0.25, -0.2) is 19.7 Å². The third kappa shape index (κ3) is 2.88. The molecule has 0 aliphatic carbocycles. The number of aromatic carboxylic acids is 1. The van der Waals surface area contributed by atoms with E-state index in [1.165, 1.54) is 18.5 Å².